The number of carbonyl (C=O) groups excluding carboxylic acids is 3. The van der Waals surface area contributed by atoms with Crippen LogP contribution in [0, 0.1) is 5.92 Å². The van der Waals surface area contributed by atoms with Crippen molar-refractivity contribution in [2.24, 2.45) is 5.92 Å². The van der Waals surface area contributed by atoms with Crippen molar-refractivity contribution in [1.29, 1.82) is 0 Å². The van der Waals surface area contributed by atoms with E-state index in [1.165, 1.54) is 11.9 Å². The highest BCUT2D eigenvalue weighted by atomic mass is 35.5. The molecule has 3 aliphatic heterocycles. The first-order valence-electron chi connectivity index (χ1n) is 18.8. The third-order valence-corrected chi connectivity index (χ3v) is 10.4. The second kappa shape index (κ2) is 18.2. The van der Waals surface area contributed by atoms with E-state index < -0.39 is 0 Å². The number of piperidine rings is 2. The Morgan fingerprint density at radius 2 is 1.59 bits per heavy atom. The number of piperazine rings is 1. The van der Waals surface area contributed by atoms with Crippen molar-refractivity contribution in [1.82, 2.24) is 30.5 Å². The molecule has 13 nitrogen and oxygen atoms in total. The van der Waals surface area contributed by atoms with E-state index in [-0.39, 0.29) is 23.6 Å². The van der Waals surface area contributed by atoms with Crippen molar-refractivity contribution in [3.05, 3.63) is 89.2 Å². The first-order chi connectivity index (χ1) is 26.3. The van der Waals surface area contributed by atoms with Crippen LogP contribution in [0.3, 0.4) is 0 Å². The highest BCUT2D eigenvalue weighted by molar-refractivity contribution is 6.33. The van der Waals surface area contributed by atoms with Crippen LogP contribution in [0.4, 0.5) is 34.6 Å². The lowest BCUT2D eigenvalue weighted by Gasteiger charge is -2.40. The van der Waals surface area contributed by atoms with Gasteiger partial charge in [0.05, 0.1) is 23.4 Å². The molecule has 5 heterocycles. The van der Waals surface area contributed by atoms with Crippen LogP contribution in [-0.4, -0.2) is 90.4 Å². The van der Waals surface area contributed by atoms with E-state index in [2.05, 4.69) is 63.1 Å². The zero-order valence-electron chi connectivity index (χ0n) is 31.1. The third kappa shape index (κ3) is 9.44. The molecule has 3 fully saturated rings. The fourth-order valence-electron chi connectivity index (χ4n) is 7.15. The maximum Gasteiger partial charge on any atom is 0.253 e. The smallest absolute Gasteiger partial charge is 0.253 e. The Morgan fingerprint density at radius 1 is 0.852 bits per heavy atom. The molecule has 0 bridgehead atoms. The summed E-state index contributed by atoms with van der Waals surface area (Å²) in [5.41, 5.74) is 3.98. The maximum absolute atomic E-state index is 12.3. The zero-order chi connectivity index (χ0) is 38.0. The quantitative estimate of drug-likeness (QED) is 0.142. The molecule has 0 aliphatic carbocycles. The number of rotatable bonds is 10. The summed E-state index contributed by atoms with van der Waals surface area (Å²) >= 11 is 6.40. The molecule has 54 heavy (non-hydrogen) atoms. The van der Waals surface area contributed by atoms with Gasteiger partial charge in [0.2, 0.25) is 17.8 Å². The zero-order valence-corrected chi connectivity index (χ0v) is 31.9. The first-order valence-corrected chi connectivity index (χ1v) is 19.2. The number of hydrogen-bond acceptors (Lipinski definition) is 11. The fraction of sp³-hybridized carbons (Fsp3) is 0.400. The summed E-state index contributed by atoms with van der Waals surface area (Å²) in [6.45, 7) is 11.1. The summed E-state index contributed by atoms with van der Waals surface area (Å²) < 4.78 is 0. The Bertz CT molecular complexity index is 1890. The molecule has 1 unspecified atom stereocenters. The molecule has 7 rings (SSSR count). The van der Waals surface area contributed by atoms with Crippen molar-refractivity contribution in [2.45, 2.75) is 45.4 Å². The molecule has 14 heteroatoms. The molecule has 0 saturated carbocycles. The minimum atomic E-state index is -0.302. The normalized spacial score (nSPS) is 18.0. The first kappa shape index (κ1) is 38.5. The molecule has 4 aromatic rings. The van der Waals surface area contributed by atoms with Crippen molar-refractivity contribution < 1.29 is 14.4 Å². The molecule has 284 valence electrons. The van der Waals surface area contributed by atoms with Crippen LogP contribution in [0.15, 0.2) is 73.1 Å². The number of nitrogens with one attached hydrogen (secondary N) is 4. The minimum absolute atomic E-state index is 0.198. The van der Waals surface area contributed by atoms with E-state index >= 15 is 0 Å². The van der Waals surface area contributed by atoms with Crippen molar-refractivity contribution in [2.75, 3.05) is 73.3 Å². The van der Waals surface area contributed by atoms with Gasteiger partial charge in [-0.25, -0.2) is 9.97 Å². The van der Waals surface area contributed by atoms with Crippen LogP contribution in [0.25, 0.3) is 0 Å². The molecule has 2 aromatic heterocycles. The Balaban J connectivity index is 0.00000245. The van der Waals surface area contributed by atoms with E-state index in [0.29, 0.717) is 46.8 Å². The number of imide groups is 1. The summed E-state index contributed by atoms with van der Waals surface area (Å²) in [5.74, 6) is 1.45. The third-order valence-electron chi connectivity index (χ3n) is 10.1. The molecule has 1 atom stereocenters. The topological polar surface area (TPSA) is 148 Å². The lowest BCUT2D eigenvalue weighted by molar-refractivity contribution is -0.134. The van der Waals surface area contributed by atoms with Crippen LogP contribution < -0.4 is 31.1 Å². The number of aromatic nitrogens is 3. The van der Waals surface area contributed by atoms with Crippen molar-refractivity contribution in [3.8, 4) is 0 Å². The standard InChI is InChI=1S/C38H43ClN10O3.C2H6/c1-40-36(51)30-4-2-3-5-32(30)44-35-31(39)23-42-38(46-35)43-27-7-9-28(10-8-27)48-20-18-47(19-21-48)24-25-14-16-49(17-15-25)33-12-6-26(22-41-33)29-11-13-34(50)45-37(29)52;1-2/h2-10,12,22-23,25,29H,11,13-21,24H2,1H3,(H,40,51)(H,45,50,52)(H2,42,43,44,46);1-2H3. The molecule has 3 saturated heterocycles. The Labute approximate surface area is 321 Å². The van der Waals surface area contributed by atoms with Crippen molar-refractivity contribution >= 4 is 64.0 Å². The van der Waals surface area contributed by atoms with Gasteiger partial charge < -0.3 is 25.8 Å². The summed E-state index contributed by atoms with van der Waals surface area (Å²) in [7, 11) is 1.59. The van der Waals surface area contributed by atoms with E-state index in [1.807, 2.05) is 44.2 Å². The summed E-state index contributed by atoms with van der Waals surface area (Å²) in [6, 6.07) is 19.5. The van der Waals surface area contributed by atoms with Gasteiger partial charge in [0.25, 0.3) is 5.91 Å². The van der Waals surface area contributed by atoms with Crippen molar-refractivity contribution in [3.63, 3.8) is 0 Å². The number of pyridine rings is 1. The van der Waals surface area contributed by atoms with Gasteiger partial charge in [0.15, 0.2) is 5.82 Å². The SMILES string of the molecule is CC.CNC(=O)c1ccccc1Nc1nc(Nc2ccc(N3CCN(CC4CCN(c5ccc(C6CCC(=O)NC6=O)cn5)CC4)CC3)cc2)ncc1Cl. The second-order valence-electron chi connectivity index (χ2n) is 13.5. The largest absolute Gasteiger partial charge is 0.369 e. The van der Waals surface area contributed by atoms with Crippen LogP contribution in [0.1, 0.15) is 61.4 Å². The number of nitrogens with zero attached hydrogens (tertiary/aromatic N) is 6. The summed E-state index contributed by atoms with van der Waals surface area (Å²) in [6.07, 6.45) is 6.49. The minimum Gasteiger partial charge on any atom is -0.369 e. The number of carbonyl (C=O) groups is 3. The predicted octanol–water partition coefficient (Wildman–Crippen LogP) is 5.96. The lowest BCUT2D eigenvalue weighted by atomic mass is 9.91. The van der Waals surface area contributed by atoms with Gasteiger partial charge >= 0.3 is 0 Å². The Morgan fingerprint density at radius 3 is 2.28 bits per heavy atom. The molecular weight excluding hydrogens is 704 g/mol. The molecule has 3 aliphatic rings. The van der Waals surface area contributed by atoms with Crippen LogP contribution in [0.2, 0.25) is 5.02 Å². The van der Waals surface area contributed by atoms with Gasteiger partial charge in [-0.05, 0) is 73.2 Å². The molecule has 2 aromatic carbocycles. The summed E-state index contributed by atoms with van der Waals surface area (Å²) in [5, 5.41) is 11.9. The molecular formula is C40H49ClN10O3. The average Bonchev–Trinajstić information content (AvgIpc) is 3.21. The van der Waals surface area contributed by atoms with E-state index in [0.717, 1.165) is 75.7 Å². The predicted molar refractivity (Wildman–Crippen MR) is 214 cm³/mol. The van der Waals surface area contributed by atoms with E-state index in [9.17, 15) is 14.4 Å². The molecule has 4 N–H and O–H groups in total. The highest BCUT2D eigenvalue weighted by Gasteiger charge is 2.29. The second-order valence-corrected chi connectivity index (χ2v) is 13.9. The number of amides is 3. The molecule has 0 radical (unpaired) electrons. The Kier molecular flexibility index (Phi) is 12.9. The van der Waals surface area contributed by atoms with E-state index in [1.54, 1.807) is 31.4 Å². The number of halogens is 1. The molecule has 0 spiro atoms. The average molecular weight is 753 g/mol. The van der Waals surface area contributed by atoms with E-state index in [4.69, 9.17) is 11.6 Å². The monoisotopic (exact) mass is 752 g/mol. The lowest BCUT2D eigenvalue weighted by Crippen LogP contribution is -2.49. The van der Waals surface area contributed by atoms with Crippen LogP contribution in [-0.2, 0) is 9.59 Å². The van der Waals surface area contributed by atoms with Crippen LogP contribution >= 0.6 is 11.6 Å². The molecule has 3 amide bonds. The number of anilines is 6. The maximum atomic E-state index is 12.3. The van der Waals surface area contributed by atoms with Gasteiger partial charge in [0, 0.05) is 76.9 Å². The van der Waals surface area contributed by atoms with Gasteiger partial charge in [-0.1, -0.05) is 43.6 Å². The highest BCUT2D eigenvalue weighted by Crippen LogP contribution is 2.30. The summed E-state index contributed by atoms with van der Waals surface area (Å²) in [4.78, 5) is 57.0. The van der Waals surface area contributed by atoms with Gasteiger partial charge in [0.1, 0.15) is 10.8 Å². The fourth-order valence-corrected chi connectivity index (χ4v) is 7.29. The van der Waals surface area contributed by atoms with Crippen LogP contribution in [0.5, 0.6) is 0 Å². The van der Waals surface area contributed by atoms with Gasteiger partial charge in [-0.2, -0.15) is 4.98 Å². The van der Waals surface area contributed by atoms with Gasteiger partial charge in [-0.3, -0.25) is 24.6 Å². The number of para-hydroxylation sites is 1. The number of hydrogen-bond donors (Lipinski definition) is 4. The number of benzene rings is 2. The Hall–Kier alpha value is -5.27. The van der Waals surface area contributed by atoms with Gasteiger partial charge in [-0.15, -0.1) is 0 Å².